The van der Waals surface area contributed by atoms with E-state index in [4.69, 9.17) is 4.99 Å². The van der Waals surface area contributed by atoms with Crippen molar-refractivity contribution in [3.63, 3.8) is 0 Å². The lowest BCUT2D eigenvalue weighted by molar-refractivity contribution is 0.509. The minimum absolute atomic E-state index is 0.0937. The van der Waals surface area contributed by atoms with Gasteiger partial charge in [-0.3, -0.25) is 4.99 Å². The number of aryl methyl sites for hydroxylation is 1. The first-order valence-corrected chi connectivity index (χ1v) is 9.95. The van der Waals surface area contributed by atoms with Gasteiger partial charge in [-0.2, -0.15) is 0 Å². The molecule has 1 saturated carbocycles. The van der Waals surface area contributed by atoms with E-state index in [2.05, 4.69) is 62.5 Å². The first kappa shape index (κ1) is 17.8. The van der Waals surface area contributed by atoms with Crippen molar-refractivity contribution in [1.82, 2.24) is 0 Å². The van der Waals surface area contributed by atoms with Crippen molar-refractivity contribution < 1.29 is 5.11 Å². The third-order valence-electron chi connectivity index (χ3n) is 5.71. The second-order valence-corrected chi connectivity index (χ2v) is 7.67. The number of aliphatic hydroxyl groups is 1. The van der Waals surface area contributed by atoms with Gasteiger partial charge in [0.05, 0.1) is 5.92 Å². The molecule has 1 N–H and O–H groups in total. The van der Waals surface area contributed by atoms with Gasteiger partial charge in [0.25, 0.3) is 0 Å². The van der Waals surface area contributed by atoms with Crippen molar-refractivity contribution in [3.05, 3.63) is 87.6 Å². The highest BCUT2D eigenvalue weighted by molar-refractivity contribution is 5.66. The highest BCUT2D eigenvalue weighted by Crippen LogP contribution is 2.39. The lowest BCUT2D eigenvalue weighted by atomic mass is 9.83. The molecule has 0 radical (unpaired) electrons. The average molecular weight is 357 g/mol. The van der Waals surface area contributed by atoms with Crippen LogP contribution in [0.15, 0.2) is 64.8 Å². The van der Waals surface area contributed by atoms with Crippen molar-refractivity contribution in [2.45, 2.75) is 51.9 Å². The predicted octanol–water partition coefficient (Wildman–Crippen LogP) is 6.64. The Hall–Kier alpha value is -2.61. The molecule has 1 atom stereocenters. The number of allylic oxidation sites excluding steroid dienone is 3. The molecule has 1 heterocycles. The van der Waals surface area contributed by atoms with E-state index in [1.165, 1.54) is 27.8 Å². The second kappa shape index (κ2) is 7.56. The SMILES string of the molecule is Cc1cccc(C(C2=CCCCC=N2)c2cccc(C(O)=C3CC3)c2)c1C. The smallest absolute Gasteiger partial charge is 0.122 e. The standard InChI is InChI=1S/C25H27NO/c1-17-8-6-11-22(18(17)2)24(23-12-4-3-5-15-26-23)20-9-7-10-21(16-20)25(27)19-13-14-19/h6-12,15-16,24,27H,3-5,13-14H2,1-2H3. The summed E-state index contributed by atoms with van der Waals surface area (Å²) in [5.74, 6) is 0.561. The maximum absolute atomic E-state index is 10.5. The van der Waals surface area contributed by atoms with Crippen LogP contribution in [0.3, 0.4) is 0 Å². The van der Waals surface area contributed by atoms with E-state index in [9.17, 15) is 5.11 Å². The lowest BCUT2D eigenvalue weighted by Crippen LogP contribution is -2.07. The number of aliphatic imine (C=N–C) groups is 1. The van der Waals surface area contributed by atoms with Crippen LogP contribution in [0, 0.1) is 13.8 Å². The maximum Gasteiger partial charge on any atom is 0.122 e. The van der Waals surface area contributed by atoms with Gasteiger partial charge in [-0.1, -0.05) is 42.5 Å². The van der Waals surface area contributed by atoms with Gasteiger partial charge in [-0.25, -0.2) is 0 Å². The molecule has 1 aliphatic carbocycles. The lowest BCUT2D eigenvalue weighted by Gasteiger charge is -2.22. The number of rotatable bonds is 4. The molecule has 0 amide bonds. The Morgan fingerprint density at radius 1 is 1.04 bits per heavy atom. The van der Waals surface area contributed by atoms with Crippen LogP contribution < -0.4 is 0 Å². The van der Waals surface area contributed by atoms with Crippen LogP contribution in [-0.4, -0.2) is 11.3 Å². The number of aliphatic hydroxyl groups excluding tert-OH is 1. The summed E-state index contributed by atoms with van der Waals surface area (Å²) in [4.78, 5) is 4.83. The van der Waals surface area contributed by atoms with E-state index in [0.29, 0.717) is 5.76 Å². The van der Waals surface area contributed by atoms with Gasteiger partial charge >= 0.3 is 0 Å². The van der Waals surface area contributed by atoms with Gasteiger partial charge in [-0.05, 0) is 79.8 Å². The van der Waals surface area contributed by atoms with Crippen molar-refractivity contribution in [3.8, 4) is 0 Å². The van der Waals surface area contributed by atoms with Crippen molar-refractivity contribution in [2.24, 2.45) is 4.99 Å². The van der Waals surface area contributed by atoms with Gasteiger partial charge in [0.2, 0.25) is 0 Å². The molecule has 0 saturated heterocycles. The number of hydrogen-bond acceptors (Lipinski definition) is 2. The summed E-state index contributed by atoms with van der Waals surface area (Å²) in [5, 5.41) is 10.5. The molecule has 27 heavy (non-hydrogen) atoms. The fourth-order valence-electron chi connectivity index (χ4n) is 3.84. The zero-order chi connectivity index (χ0) is 18.8. The molecule has 1 fully saturated rings. The van der Waals surface area contributed by atoms with Crippen LogP contribution >= 0.6 is 0 Å². The number of hydrogen-bond donors (Lipinski definition) is 1. The molecule has 2 nitrogen and oxygen atoms in total. The third-order valence-corrected chi connectivity index (χ3v) is 5.71. The van der Waals surface area contributed by atoms with Crippen molar-refractivity contribution >= 4 is 12.0 Å². The summed E-state index contributed by atoms with van der Waals surface area (Å²) in [6.45, 7) is 4.37. The van der Waals surface area contributed by atoms with E-state index in [1.54, 1.807) is 0 Å². The summed E-state index contributed by atoms with van der Waals surface area (Å²) >= 11 is 0. The summed E-state index contributed by atoms with van der Waals surface area (Å²) < 4.78 is 0. The van der Waals surface area contributed by atoms with Gasteiger partial charge in [-0.15, -0.1) is 0 Å². The first-order chi connectivity index (χ1) is 13.1. The highest BCUT2D eigenvalue weighted by Gasteiger charge is 2.24. The summed E-state index contributed by atoms with van der Waals surface area (Å²) in [6.07, 6.45) is 9.64. The van der Waals surface area contributed by atoms with Crippen LogP contribution in [0.25, 0.3) is 5.76 Å². The van der Waals surface area contributed by atoms with E-state index >= 15 is 0 Å². The molecule has 4 rings (SSSR count). The Kier molecular flexibility index (Phi) is 4.98. The highest BCUT2D eigenvalue weighted by atomic mass is 16.3. The monoisotopic (exact) mass is 357 g/mol. The van der Waals surface area contributed by atoms with Gasteiger partial charge in [0, 0.05) is 17.5 Å². The van der Waals surface area contributed by atoms with Gasteiger partial charge in [0.15, 0.2) is 0 Å². The molecule has 0 spiro atoms. The largest absolute Gasteiger partial charge is 0.507 e. The predicted molar refractivity (Wildman–Crippen MR) is 113 cm³/mol. The summed E-state index contributed by atoms with van der Waals surface area (Å²) in [5.41, 5.74) is 8.33. The molecular formula is C25H27NO. The Labute approximate surface area is 162 Å². The van der Waals surface area contributed by atoms with Crippen LogP contribution in [0.5, 0.6) is 0 Å². The summed E-state index contributed by atoms with van der Waals surface area (Å²) in [6, 6.07) is 14.9. The van der Waals surface area contributed by atoms with Crippen molar-refractivity contribution in [2.75, 3.05) is 0 Å². The van der Waals surface area contributed by atoms with E-state index in [0.717, 1.165) is 43.4 Å². The maximum atomic E-state index is 10.5. The van der Waals surface area contributed by atoms with Crippen LogP contribution in [0.2, 0.25) is 0 Å². The molecule has 0 bridgehead atoms. The fraction of sp³-hybridized carbons (Fsp3) is 0.320. The second-order valence-electron chi connectivity index (χ2n) is 7.67. The first-order valence-electron chi connectivity index (χ1n) is 9.95. The van der Waals surface area contributed by atoms with Crippen LogP contribution in [0.1, 0.15) is 65.8 Å². The van der Waals surface area contributed by atoms with Crippen LogP contribution in [0.4, 0.5) is 0 Å². The number of nitrogens with zero attached hydrogens (tertiary/aromatic N) is 1. The molecule has 2 aliphatic rings. The molecule has 1 aliphatic heterocycles. The van der Waals surface area contributed by atoms with Gasteiger partial charge < -0.3 is 5.11 Å². The Balaban J connectivity index is 1.86. The van der Waals surface area contributed by atoms with Crippen molar-refractivity contribution in [1.29, 1.82) is 0 Å². The molecular weight excluding hydrogens is 330 g/mol. The summed E-state index contributed by atoms with van der Waals surface area (Å²) in [7, 11) is 0. The molecule has 2 aromatic carbocycles. The Morgan fingerprint density at radius 3 is 2.67 bits per heavy atom. The minimum atomic E-state index is 0.0937. The molecule has 138 valence electrons. The quantitative estimate of drug-likeness (QED) is 0.611. The Bertz CT molecular complexity index is 943. The zero-order valence-corrected chi connectivity index (χ0v) is 16.2. The van der Waals surface area contributed by atoms with E-state index < -0.39 is 0 Å². The number of benzene rings is 2. The molecule has 1 unspecified atom stereocenters. The van der Waals surface area contributed by atoms with Gasteiger partial charge in [0.1, 0.15) is 5.76 Å². The Morgan fingerprint density at radius 2 is 1.85 bits per heavy atom. The van der Waals surface area contributed by atoms with E-state index in [-0.39, 0.29) is 5.92 Å². The molecule has 2 aromatic rings. The fourth-order valence-corrected chi connectivity index (χ4v) is 3.84. The topological polar surface area (TPSA) is 32.6 Å². The molecule has 2 heteroatoms. The van der Waals surface area contributed by atoms with E-state index in [1.807, 2.05) is 6.07 Å². The minimum Gasteiger partial charge on any atom is -0.507 e. The average Bonchev–Trinajstić information content (AvgIpc) is 3.53. The van der Waals surface area contributed by atoms with Crippen LogP contribution in [-0.2, 0) is 0 Å². The zero-order valence-electron chi connectivity index (χ0n) is 16.2. The third kappa shape index (κ3) is 3.75. The normalized spacial score (nSPS) is 17.3. The molecule has 0 aromatic heterocycles.